The standard InChI is InChI=1S/C21H19N3O3S2/c1-15(2)29(26,27)24(17-8-6-16(7-9-17)12-13-22)21(25)20-11-10-19(28-20)18-5-3-4-14-23-18/h3-11,14-15H,12H2,1-2H3. The van der Waals surface area contributed by atoms with E-state index in [1.165, 1.54) is 25.2 Å². The van der Waals surface area contributed by atoms with Gasteiger partial charge in [-0.05, 0) is 55.8 Å². The van der Waals surface area contributed by atoms with Gasteiger partial charge in [0.05, 0.1) is 38.9 Å². The number of hydrogen-bond donors (Lipinski definition) is 0. The summed E-state index contributed by atoms with van der Waals surface area (Å²) in [5.74, 6) is -0.612. The highest BCUT2D eigenvalue weighted by atomic mass is 32.2. The molecule has 0 N–H and O–H groups in total. The molecule has 6 nitrogen and oxygen atoms in total. The molecule has 0 unspecified atom stereocenters. The number of rotatable bonds is 6. The zero-order valence-electron chi connectivity index (χ0n) is 15.9. The topological polar surface area (TPSA) is 91.1 Å². The molecule has 2 heterocycles. The summed E-state index contributed by atoms with van der Waals surface area (Å²) in [4.78, 5) is 18.6. The predicted molar refractivity (Wildman–Crippen MR) is 114 cm³/mol. The van der Waals surface area contributed by atoms with Gasteiger partial charge in [-0.2, -0.15) is 5.26 Å². The molecular weight excluding hydrogens is 406 g/mol. The summed E-state index contributed by atoms with van der Waals surface area (Å²) in [6.07, 6.45) is 1.87. The first kappa shape index (κ1) is 20.7. The Morgan fingerprint density at radius 1 is 1.14 bits per heavy atom. The lowest BCUT2D eigenvalue weighted by atomic mass is 10.1. The number of sulfonamides is 1. The Morgan fingerprint density at radius 2 is 1.86 bits per heavy atom. The SMILES string of the molecule is CC(C)S(=O)(=O)N(C(=O)c1ccc(-c2ccccn2)s1)c1ccc(CC#N)cc1. The van der Waals surface area contributed by atoms with Crippen LogP contribution in [0.25, 0.3) is 10.6 Å². The largest absolute Gasteiger partial charge is 0.282 e. The molecule has 0 saturated carbocycles. The molecule has 0 aliphatic heterocycles. The van der Waals surface area contributed by atoms with E-state index in [9.17, 15) is 13.2 Å². The number of thiophene rings is 1. The number of pyridine rings is 1. The number of hydrogen-bond acceptors (Lipinski definition) is 6. The molecular formula is C21H19N3O3S2. The molecule has 3 aromatic rings. The number of aromatic nitrogens is 1. The smallest absolute Gasteiger partial charge is 0.267 e. The number of carbonyl (C=O) groups is 1. The summed E-state index contributed by atoms with van der Waals surface area (Å²) < 4.78 is 26.8. The molecule has 0 bridgehead atoms. The van der Waals surface area contributed by atoms with Crippen LogP contribution in [-0.4, -0.2) is 24.6 Å². The second-order valence-corrected chi connectivity index (χ2v) is 9.97. The van der Waals surface area contributed by atoms with Crippen molar-refractivity contribution in [3.05, 3.63) is 71.2 Å². The molecule has 0 aliphatic carbocycles. The van der Waals surface area contributed by atoms with Crippen molar-refractivity contribution < 1.29 is 13.2 Å². The van der Waals surface area contributed by atoms with Crippen molar-refractivity contribution in [2.24, 2.45) is 0 Å². The Hall–Kier alpha value is -3.02. The fourth-order valence-electron chi connectivity index (χ4n) is 2.63. The number of amides is 1. The van der Waals surface area contributed by atoms with Crippen LogP contribution in [0.4, 0.5) is 5.69 Å². The lowest BCUT2D eigenvalue weighted by molar-refractivity contribution is 0.101. The second-order valence-electron chi connectivity index (χ2n) is 6.54. The van der Waals surface area contributed by atoms with E-state index in [1.807, 2.05) is 18.2 Å². The molecule has 2 aromatic heterocycles. The van der Waals surface area contributed by atoms with Crippen LogP contribution in [0, 0.1) is 11.3 Å². The van der Waals surface area contributed by atoms with Crippen LogP contribution >= 0.6 is 11.3 Å². The summed E-state index contributed by atoms with van der Waals surface area (Å²) in [5.41, 5.74) is 1.72. The normalized spacial score (nSPS) is 11.2. The van der Waals surface area contributed by atoms with Gasteiger partial charge in [0.15, 0.2) is 0 Å². The summed E-state index contributed by atoms with van der Waals surface area (Å²) in [6.45, 7) is 3.07. The molecule has 0 radical (unpaired) electrons. The molecule has 0 fully saturated rings. The fraction of sp³-hybridized carbons (Fsp3) is 0.190. The summed E-state index contributed by atoms with van der Waals surface area (Å²) in [7, 11) is -3.91. The van der Waals surface area contributed by atoms with E-state index in [2.05, 4.69) is 4.98 Å². The Labute approximate surface area is 174 Å². The number of nitriles is 1. The molecule has 0 saturated heterocycles. The highest BCUT2D eigenvalue weighted by molar-refractivity contribution is 7.94. The highest BCUT2D eigenvalue weighted by Gasteiger charge is 2.33. The number of anilines is 1. The molecule has 1 aromatic carbocycles. The van der Waals surface area contributed by atoms with Crippen molar-refractivity contribution in [1.82, 2.24) is 4.98 Å². The molecule has 29 heavy (non-hydrogen) atoms. The average molecular weight is 426 g/mol. The predicted octanol–water partition coefficient (Wildman–Crippen LogP) is 4.26. The van der Waals surface area contributed by atoms with Gasteiger partial charge in [0, 0.05) is 6.20 Å². The summed E-state index contributed by atoms with van der Waals surface area (Å²) in [6, 6.07) is 17.3. The molecule has 1 amide bonds. The van der Waals surface area contributed by atoms with Crippen molar-refractivity contribution in [3.63, 3.8) is 0 Å². The Morgan fingerprint density at radius 3 is 2.45 bits per heavy atom. The van der Waals surface area contributed by atoms with Gasteiger partial charge in [0.2, 0.25) is 10.0 Å². The third kappa shape index (κ3) is 4.36. The van der Waals surface area contributed by atoms with Crippen molar-refractivity contribution in [2.45, 2.75) is 25.5 Å². The van der Waals surface area contributed by atoms with E-state index in [1.54, 1.807) is 48.7 Å². The van der Waals surface area contributed by atoms with Crippen LogP contribution in [0.3, 0.4) is 0 Å². The first-order valence-corrected chi connectivity index (χ1v) is 11.2. The second kappa shape index (κ2) is 8.55. The minimum Gasteiger partial charge on any atom is -0.267 e. The molecule has 0 atom stereocenters. The lowest BCUT2D eigenvalue weighted by Gasteiger charge is -2.24. The quantitative estimate of drug-likeness (QED) is 0.588. The van der Waals surface area contributed by atoms with Crippen molar-refractivity contribution in [1.29, 1.82) is 5.26 Å². The van der Waals surface area contributed by atoms with E-state index in [0.717, 1.165) is 20.4 Å². The summed E-state index contributed by atoms with van der Waals surface area (Å²) in [5, 5.41) is 8.04. The van der Waals surface area contributed by atoms with Crippen LogP contribution in [0.2, 0.25) is 0 Å². The van der Waals surface area contributed by atoms with Crippen molar-refractivity contribution >= 4 is 33.0 Å². The zero-order valence-corrected chi connectivity index (χ0v) is 17.6. The van der Waals surface area contributed by atoms with Crippen molar-refractivity contribution in [3.8, 4) is 16.6 Å². The zero-order chi connectivity index (χ0) is 21.0. The maximum Gasteiger partial charge on any atom is 0.282 e. The van der Waals surface area contributed by atoms with Gasteiger partial charge in [-0.25, -0.2) is 12.7 Å². The van der Waals surface area contributed by atoms with E-state index in [4.69, 9.17) is 5.26 Å². The Balaban J connectivity index is 2.02. The van der Waals surface area contributed by atoms with Gasteiger partial charge in [-0.15, -0.1) is 11.3 Å². The highest BCUT2D eigenvalue weighted by Crippen LogP contribution is 2.30. The molecule has 0 aliphatic rings. The Kier molecular flexibility index (Phi) is 6.11. The maximum atomic E-state index is 13.2. The van der Waals surface area contributed by atoms with Gasteiger partial charge in [0.25, 0.3) is 5.91 Å². The van der Waals surface area contributed by atoms with Gasteiger partial charge in [-0.3, -0.25) is 9.78 Å². The third-order valence-electron chi connectivity index (χ3n) is 4.22. The van der Waals surface area contributed by atoms with Crippen molar-refractivity contribution in [2.75, 3.05) is 4.31 Å². The van der Waals surface area contributed by atoms with Gasteiger partial charge < -0.3 is 0 Å². The van der Waals surface area contributed by atoms with Crippen LogP contribution in [0.1, 0.15) is 29.1 Å². The van der Waals surface area contributed by atoms with Gasteiger partial charge in [0.1, 0.15) is 0 Å². The molecule has 0 spiro atoms. The molecule has 8 heteroatoms. The molecule has 148 valence electrons. The van der Waals surface area contributed by atoms with Crippen LogP contribution in [0.15, 0.2) is 60.8 Å². The minimum absolute atomic E-state index is 0.212. The average Bonchev–Trinajstić information content (AvgIpc) is 3.20. The number of benzene rings is 1. The first-order chi connectivity index (χ1) is 13.8. The fourth-order valence-corrected chi connectivity index (χ4v) is 4.77. The lowest BCUT2D eigenvalue weighted by Crippen LogP contribution is -2.40. The third-order valence-corrected chi connectivity index (χ3v) is 7.40. The Bertz CT molecular complexity index is 1150. The van der Waals surface area contributed by atoms with Gasteiger partial charge >= 0.3 is 0 Å². The van der Waals surface area contributed by atoms with Crippen LogP contribution in [-0.2, 0) is 16.4 Å². The van der Waals surface area contributed by atoms with Crippen LogP contribution < -0.4 is 4.31 Å². The van der Waals surface area contributed by atoms with E-state index in [-0.39, 0.29) is 12.1 Å². The van der Waals surface area contributed by atoms with E-state index >= 15 is 0 Å². The number of nitrogens with zero attached hydrogens (tertiary/aromatic N) is 3. The van der Waals surface area contributed by atoms with E-state index < -0.39 is 21.2 Å². The maximum absolute atomic E-state index is 13.2. The summed E-state index contributed by atoms with van der Waals surface area (Å²) >= 11 is 1.19. The van der Waals surface area contributed by atoms with Crippen LogP contribution in [0.5, 0.6) is 0 Å². The monoisotopic (exact) mass is 425 g/mol. The van der Waals surface area contributed by atoms with Gasteiger partial charge in [-0.1, -0.05) is 18.2 Å². The van der Waals surface area contributed by atoms with E-state index in [0.29, 0.717) is 4.88 Å². The minimum atomic E-state index is -3.91. The molecule has 3 rings (SSSR count). The first-order valence-electron chi connectivity index (χ1n) is 8.90. The number of carbonyl (C=O) groups excluding carboxylic acids is 1.